The lowest BCUT2D eigenvalue weighted by Crippen LogP contribution is -2.15. The Morgan fingerprint density at radius 2 is 2.06 bits per heavy atom. The number of nitrogens with zero attached hydrogens (tertiary/aromatic N) is 1. The van der Waals surface area contributed by atoms with Crippen molar-refractivity contribution in [3.05, 3.63) is 39.7 Å². The summed E-state index contributed by atoms with van der Waals surface area (Å²) in [5.41, 5.74) is -1.69. The van der Waals surface area contributed by atoms with Crippen LogP contribution in [0.2, 0.25) is 0 Å². The third-order valence-electron chi connectivity index (χ3n) is 1.99. The fourth-order valence-corrected chi connectivity index (χ4v) is 1.16. The van der Waals surface area contributed by atoms with Gasteiger partial charge in [-0.2, -0.15) is 4.39 Å². The molecular formula is C9H8F3NO3. The topological polar surface area (TPSA) is 63.4 Å². The second-order valence-electron chi connectivity index (χ2n) is 3.10. The molecule has 0 atom stereocenters. The number of aliphatic hydroxyl groups is 1. The molecule has 0 saturated heterocycles. The molecule has 0 saturated carbocycles. The maximum absolute atomic E-state index is 13.2. The molecule has 0 bridgehead atoms. The van der Waals surface area contributed by atoms with E-state index in [0.717, 1.165) is 6.07 Å². The summed E-state index contributed by atoms with van der Waals surface area (Å²) < 4.78 is 39.3. The highest BCUT2D eigenvalue weighted by atomic mass is 19.3. The fourth-order valence-electron chi connectivity index (χ4n) is 1.16. The van der Waals surface area contributed by atoms with Crippen molar-refractivity contribution in [1.29, 1.82) is 0 Å². The lowest BCUT2D eigenvalue weighted by molar-refractivity contribution is -0.387. The van der Waals surface area contributed by atoms with Crippen LogP contribution in [-0.2, 0) is 5.92 Å². The van der Waals surface area contributed by atoms with Gasteiger partial charge in [0.2, 0.25) is 5.82 Å². The number of halogens is 3. The van der Waals surface area contributed by atoms with Gasteiger partial charge < -0.3 is 5.11 Å². The zero-order valence-corrected chi connectivity index (χ0v) is 7.99. The lowest BCUT2D eigenvalue weighted by atomic mass is 10.1. The molecule has 0 amide bonds. The maximum Gasteiger partial charge on any atom is 0.305 e. The van der Waals surface area contributed by atoms with Crippen LogP contribution in [0, 0.1) is 15.9 Å². The van der Waals surface area contributed by atoms with Crippen LogP contribution in [0.25, 0.3) is 0 Å². The summed E-state index contributed by atoms with van der Waals surface area (Å²) in [5.74, 6) is -4.58. The lowest BCUT2D eigenvalue weighted by Gasteiger charge is -2.14. The molecule has 0 aliphatic carbocycles. The van der Waals surface area contributed by atoms with Gasteiger partial charge in [0.15, 0.2) is 0 Å². The number of nitro groups is 1. The number of rotatable bonds is 4. The van der Waals surface area contributed by atoms with Crippen molar-refractivity contribution in [3.63, 3.8) is 0 Å². The molecule has 0 unspecified atom stereocenters. The predicted octanol–water partition coefficient (Wildman–Crippen LogP) is 2.21. The second-order valence-corrected chi connectivity index (χ2v) is 3.10. The zero-order valence-electron chi connectivity index (χ0n) is 7.99. The molecule has 16 heavy (non-hydrogen) atoms. The molecule has 0 radical (unpaired) electrons. The third kappa shape index (κ3) is 2.48. The van der Waals surface area contributed by atoms with Crippen molar-refractivity contribution < 1.29 is 23.2 Å². The number of hydrogen-bond acceptors (Lipinski definition) is 3. The molecular weight excluding hydrogens is 227 g/mol. The summed E-state index contributed by atoms with van der Waals surface area (Å²) in [6.07, 6.45) is -0.865. The van der Waals surface area contributed by atoms with E-state index in [4.69, 9.17) is 5.11 Å². The molecule has 88 valence electrons. The minimum atomic E-state index is -3.41. The fraction of sp³-hybridized carbons (Fsp3) is 0.333. The van der Waals surface area contributed by atoms with Gasteiger partial charge in [0.25, 0.3) is 5.92 Å². The number of alkyl halides is 2. The average Bonchev–Trinajstić information content (AvgIpc) is 2.17. The SMILES string of the molecule is O=[N+]([O-])c1cc(C(F)(F)CCO)ccc1F. The minimum Gasteiger partial charge on any atom is -0.396 e. The van der Waals surface area contributed by atoms with Crippen LogP contribution in [0.1, 0.15) is 12.0 Å². The zero-order chi connectivity index (χ0) is 12.3. The van der Waals surface area contributed by atoms with Gasteiger partial charge in [-0.05, 0) is 12.1 Å². The molecule has 0 aliphatic rings. The van der Waals surface area contributed by atoms with Crippen molar-refractivity contribution in [1.82, 2.24) is 0 Å². The molecule has 0 aromatic heterocycles. The molecule has 0 spiro atoms. The van der Waals surface area contributed by atoms with Crippen molar-refractivity contribution in [2.75, 3.05) is 6.61 Å². The Hall–Kier alpha value is -1.63. The van der Waals surface area contributed by atoms with E-state index in [9.17, 15) is 23.3 Å². The van der Waals surface area contributed by atoms with Gasteiger partial charge in [0.1, 0.15) is 0 Å². The molecule has 0 heterocycles. The minimum absolute atomic E-state index is 0.477. The second kappa shape index (κ2) is 4.48. The van der Waals surface area contributed by atoms with Crippen LogP contribution in [0.3, 0.4) is 0 Å². The van der Waals surface area contributed by atoms with Crippen LogP contribution < -0.4 is 0 Å². The molecule has 0 aliphatic heterocycles. The molecule has 1 aromatic rings. The summed E-state index contributed by atoms with van der Waals surface area (Å²) in [7, 11) is 0. The van der Waals surface area contributed by atoms with E-state index in [1.807, 2.05) is 0 Å². The van der Waals surface area contributed by atoms with E-state index in [0.29, 0.717) is 12.1 Å². The van der Waals surface area contributed by atoms with Crippen LogP contribution >= 0.6 is 0 Å². The van der Waals surface area contributed by atoms with Gasteiger partial charge in [-0.25, -0.2) is 8.78 Å². The van der Waals surface area contributed by atoms with E-state index in [1.54, 1.807) is 0 Å². The number of nitro benzene ring substituents is 1. The first-order chi connectivity index (χ1) is 7.38. The quantitative estimate of drug-likeness (QED) is 0.642. The average molecular weight is 235 g/mol. The molecule has 7 heteroatoms. The Balaban J connectivity index is 3.17. The van der Waals surface area contributed by atoms with Gasteiger partial charge >= 0.3 is 5.69 Å². The highest BCUT2D eigenvalue weighted by Crippen LogP contribution is 2.33. The van der Waals surface area contributed by atoms with Gasteiger partial charge in [-0.1, -0.05) is 0 Å². The molecule has 4 nitrogen and oxygen atoms in total. The first kappa shape index (κ1) is 12.4. The maximum atomic E-state index is 13.2. The molecule has 0 fully saturated rings. The standard InChI is InChI=1S/C9H8F3NO3/c10-7-2-1-6(5-8(7)13(15)16)9(11,12)3-4-14/h1-2,5,14H,3-4H2. The van der Waals surface area contributed by atoms with Crippen LogP contribution in [-0.4, -0.2) is 16.6 Å². The summed E-state index contributed by atoms with van der Waals surface area (Å²) in [5, 5.41) is 18.7. The van der Waals surface area contributed by atoms with E-state index < -0.39 is 40.9 Å². The molecule has 1 aromatic carbocycles. The number of aliphatic hydroxyl groups excluding tert-OH is 1. The summed E-state index contributed by atoms with van der Waals surface area (Å²) in [6.45, 7) is -0.766. The monoisotopic (exact) mass is 235 g/mol. The van der Waals surface area contributed by atoms with Crippen LogP contribution in [0.15, 0.2) is 18.2 Å². The van der Waals surface area contributed by atoms with E-state index in [-0.39, 0.29) is 0 Å². The van der Waals surface area contributed by atoms with E-state index >= 15 is 0 Å². The van der Waals surface area contributed by atoms with E-state index in [2.05, 4.69) is 0 Å². The highest BCUT2D eigenvalue weighted by Gasteiger charge is 2.33. The molecule has 1 N–H and O–H groups in total. The Bertz CT molecular complexity index is 409. The summed E-state index contributed by atoms with van der Waals surface area (Å²) >= 11 is 0. The third-order valence-corrected chi connectivity index (χ3v) is 1.99. The van der Waals surface area contributed by atoms with Crippen molar-refractivity contribution in [3.8, 4) is 0 Å². The van der Waals surface area contributed by atoms with Gasteiger partial charge in [-0.15, -0.1) is 0 Å². The summed E-state index contributed by atoms with van der Waals surface area (Å²) in [4.78, 5) is 9.25. The Morgan fingerprint density at radius 3 is 2.56 bits per heavy atom. The van der Waals surface area contributed by atoms with Gasteiger partial charge in [-0.3, -0.25) is 10.1 Å². The Kier molecular flexibility index (Phi) is 3.48. The van der Waals surface area contributed by atoms with E-state index in [1.165, 1.54) is 0 Å². The van der Waals surface area contributed by atoms with Crippen molar-refractivity contribution in [2.45, 2.75) is 12.3 Å². The molecule has 1 rings (SSSR count). The number of benzene rings is 1. The van der Waals surface area contributed by atoms with Crippen molar-refractivity contribution >= 4 is 5.69 Å². The van der Waals surface area contributed by atoms with Gasteiger partial charge in [0.05, 0.1) is 4.92 Å². The number of hydrogen-bond donors (Lipinski definition) is 1. The predicted molar refractivity (Wildman–Crippen MR) is 48.7 cm³/mol. The largest absolute Gasteiger partial charge is 0.396 e. The highest BCUT2D eigenvalue weighted by molar-refractivity contribution is 5.38. The smallest absolute Gasteiger partial charge is 0.305 e. The first-order valence-electron chi connectivity index (χ1n) is 4.31. The first-order valence-corrected chi connectivity index (χ1v) is 4.31. The van der Waals surface area contributed by atoms with Crippen molar-refractivity contribution in [2.24, 2.45) is 0 Å². The van der Waals surface area contributed by atoms with Crippen LogP contribution in [0.4, 0.5) is 18.9 Å². The summed E-state index contributed by atoms with van der Waals surface area (Å²) in [6, 6.07) is 1.85. The normalized spacial score (nSPS) is 11.5. The Labute approximate surface area is 88.5 Å². The van der Waals surface area contributed by atoms with Crippen LogP contribution in [0.5, 0.6) is 0 Å². The van der Waals surface area contributed by atoms with Gasteiger partial charge in [0, 0.05) is 24.7 Å². The Morgan fingerprint density at radius 1 is 1.44 bits per heavy atom.